The quantitative estimate of drug-likeness (QED) is 0.853. The maximum Gasteiger partial charge on any atom is 0.255 e. The van der Waals surface area contributed by atoms with E-state index in [4.69, 9.17) is 17.3 Å². The Bertz CT molecular complexity index is 623. The molecule has 0 saturated heterocycles. The molecule has 5 nitrogen and oxygen atoms in total. The Morgan fingerprint density at radius 2 is 2.10 bits per heavy atom. The average Bonchev–Trinajstić information content (AvgIpc) is 2.37. The third kappa shape index (κ3) is 3.19. The van der Waals surface area contributed by atoms with Crippen LogP contribution in [0.5, 0.6) is 0 Å². The largest absolute Gasteiger partial charge is 0.399 e. The molecular weight excluding hydrogens is 276 g/mol. The highest BCUT2D eigenvalue weighted by Crippen LogP contribution is 2.24. The molecule has 0 saturated carbocycles. The summed E-state index contributed by atoms with van der Waals surface area (Å²) in [6, 6.07) is 6.56. The Morgan fingerprint density at radius 1 is 1.35 bits per heavy atom. The van der Waals surface area contributed by atoms with Crippen molar-refractivity contribution >= 4 is 34.6 Å². The van der Waals surface area contributed by atoms with Gasteiger partial charge in [-0.1, -0.05) is 11.6 Å². The van der Waals surface area contributed by atoms with Gasteiger partial charge in [-0.2, -0.15) is 0 Å². The summed E-state index contributed by atoms with van der Waals surface area (Å²) in [5, 5.41) is 3.23. The first-order chi connectivity index (χ1) is 9.47. The number of carbonyl (C=O) groups is 1. The van der Waals surface area contributed by atoms with Gasteiger partial charge in [-0.05, 0) is 24.3 Å². The summed E-state index contributed by atoms with van der Waals surface area (Å²) in [7, 11) is 3.78. The highest BCUT2D eigenvalue weighted by atomic mass is 35.5. The van der Waals surface area contributed by atoms with Gasteiger partial charge in [0.05, 0.1) is 17.6 Å². The summed E-state index contributed by atoms with van der Waals surface area (Å²) >= 11 is 5.90. The molecule has 0 atom stereocenters. The van der Waals surface area contributed by atoms with Crippen molar-refractivity contribution in [2.45, 2.75) is 0 Å². The molecule has 0 unspecified atom stereocenters. The Kier molecular flexibility index (Phi) is 4.10. The highest BCUT2D eigenvalue weighted by Gasteiger charge is 2.11. The minimum absolute atomic E-state index is 0.282. The van der Waals surface area contributed by atoms with E-state index >= 15 is 0 Å². The molecule has 1 heterocycles. The van der Waals surface area contributed by atoms with Crippen molar-refractivity contribution in [3.05, 3.63) is 47.2 Å². The number of hydrogen-bond acceptors (Lipinski definition) is 4. The molecule has 1 amide bonds. The lowest BCUT2D eigenvalue weighted by Crippen LogP contribution is -2.17. The average molecular weight is 291 g/mol. The van der Waals surface area contributed by atoms with E-state index in [1.807, 2.05) is 25.1 Å². The van der Waals surface area contributed by atoms with Gasteiger partial charge >= 0.3 is 0 Å². The Labute approximate surface area is 122 Å². The van der Waals surface area contributed by atoms with E-state index in [9.17, 15) is 4.79 Å². The lowest BCUT2D eigenvalue weighted by atomic mass is 10.2. The number of benzene rings is 1. The van der Waals surface area contributed by atoms with Gasteiger partial charge < -0.3 is 16.0 Å². The minimum atomic E-state index is -0.282. The molecule has 0 aliphatic carbocycles. The van der Waals surface area contributed by atoms with E-state index < -0.39 is 0 Å². The number of nitrogen functional groups attached to an aromatic ring is 1. The molecule has 2 rings (SSSR count). The first kappa shape index (κ1) is 14.1. The highest BCUT2D eigenvalue weighted by molar-refractivity contribution is 6.31. The zero-order valence-corrected chi connectivity index (χ0v) is 12.0. The maximum atomic E-state index is 12.2. The van der Waals surface area contributed by atoms with E-state index in [1.165, 1.54) is 0 Å². The van der Waals surface area contributed by atoms with Crippen LogP contribution in [-0.4, -0.2) is 25.0 Å². The number of amides is 1. The summed E-state index contributed by atoms with van der Waals surface area (Å²) in [5.41, 5.74) is 8.03. The van der Waals surface area contributed by atoms with Gasteiger partial charge in [-0.3, -0.25) is 9.78 Å². The van der Waals surface area contributed by atoms with Gasteiger partial charge in [0, 0.05) is 36.6 Å². The first-order valence-electron chi connectivity index (χ1n) is 5.96. The molecule has 0 radical (unpaired) electrons. The van der Waals surface area contributed by atoms with Gasteiger partial charge in [0.25, 0.3) is 5.91 Å². The summed E-state index contributed by atoms with van der Waals surface area (Å²) in [5.74, 6) is -0.282. The SMILES string of the molecule is CN(C)c1ccncc1NC(=O)c1cc(N)cc(Cl)c1. The maximum absolute atomic E-state index is 12.2. The van der Waals surface area contributed by atoms with E-state index in [0.29, 0.717) is 22.0 Å². The van der Waals surface area contributed by atoms with E-state index in [0.717, 1.165) is 5.69 Å². The van der Waals surface area contributed by atoms with E-state index in [-0.39, 0.29) is 5.91 Å². The second-order valence-corrected chi connectivity index (χ2v) is 4.95. The van der Waals surface area contributed by atoms with Crippen LogP contribution in [0.3, 0.4) is 0 Å². The fraction of sp³-hybridized carbons (Fsp3) is 0.143. The number of halogens is 1. The van der Waals surface area contributed by atoms with Gasteiger partial charge in [0.2, 0.25) is 0 Å². The number of nitrogens with zero attached hydrogens (tertiary/aromatic N) is 2. The molecule has 3 N–H and O–H groups in total. The van der Waals surface area contributed by atoms with Crippen molar-refractivity contribution in [2.75, 3.05) is 30.0 Å². The predicted molar refractivity (Wildman–Crippen MR) is 82.4 cm³/mol. The molecule has 0 bridgehead atoms. The monoisotopic (exact) mass is 290 g/mol. The van der Waals surface area contributed by atoms with Gasteiger partial charge in [-0.15, -0.1) is 0 Å². The van der Waals surface area contributed by atoms with Crippen LogP contribution in [0.15, 0.2) is 36.7 Å². The summed E-state index contributed by atoms with van der Waals surface area (Å²) < 4.78 is 0. The second kappa shape index (κ2) is 5.79. The molecule has 6 heteroatoms. The number of hydrogen-bond donors (Lipinski definition) is 2. The van der Waals surface area contributed by atoms with Crippen LogP contribution < -0.4 is 16.0 Å². The zero-order valence-electron chi connectivity index (χ0n) is 11.2. The molecule has 1 aromatic carbocycles. The van der Waals surface area contributed by atoms with Gasteiger partial charge in [0.15, 0.2) is 0 Å². The zero-order chi connectivity index (χ0) is 14.7. The topological polar surface area (TPSA) is 71.2 Å². The number of rotatable bonds is 3. The van der Waals surface area contributed by atoms with Crippen LogP contribution in [0.25, 0.3) is 0 Å². The summed E-state index contributed by atoms with van der Waals surface area (Å²) in [6.45, 7) is 0. The van der Waals surface area contributed by atoms with Crippen molar-refractivity contribution in [3.8, 4) is 0 Å². The van der Waals surface area contributed by atoms with Crippen molar-refractivity contribution in [3.63, 3.8) is 0 Å². The van der Waals surface area contributed by atoms with Crippen LogP contribution in [0.2, 0.25) is 5.02 Å². The third-order valence-corrected chi connectivity index (χ3v) is 2.93. The Hall–Kier alpha value is -2.27. The molecule has 20 heavy (non-hydrogen) atoms. The molecule has 0 fully saturated rings. The van der Waals surface area contributed by atoms with Crippen LogP contribution in [0.4, 0.5) is 17.1 Å². The minimum Gasteiger partial charge on any atom is -0.399 e. The second-order valence-electron chi connectivity index (χ2n) is 4.51. The number of nitrogens with two attached hydrogens (primary N) is 1. The van der Waals surface area contributed by atoms with Crippen LogP contribution in [0, 0.1) is 0 Å². The van der Waals surface area contributed by atoms with Crippen LogP contribution in [-0.2, 0) is 0 Å². The van der Waals surface area contributed by atoms with Crippen molar-refractivity contribution in [1.82, 2.24) is 4.98 Å². The fourth-order valence-electron chi connectivity index (χ4n) is 1.81. The number of nitrogens with one attached hydrogen (secondary N) is 1. The van der Waals surface area contributed by atoms with Crippen LogP contribution >= 0.6 is 11.6 Å². The number of aromatic nitrogens is 1. The first-order valence-corrected chi connectivity index (χ1v) is 6.34. The fourth-order valence-corrected chi connectivity index (χ4v) is 2.05. The Morgan fingerprint density at radius 3 is 2.75 bits per heavy atom. The van der Waals surface area contributed by atoms with Crippen molar-refractivity contribution in [2.24, 2.45) is 0 Å². The smallest absolute Gasteiger partial charge is 0.255 e. The molecule has 0 spiro atoms. The van der Waals surface area contributed by atoms with Gasteiger partial charge in [-0.25, -0.2) is 0 Å². The summed E-state index contributed by atoms with van der Waals surface area (Å²) in [4.78, 5) is 18.1. The third-order valence-electron chi connectivity index (χ3n) is 2.71. The van der Waals surface area contributed by atoms with Crippen molar-refractivity contribution < 1.29 is 4.79 Å². The lowest BCUT2D eigenvalue weighted by molar-refractivity contribution is 0.102. The lowest BCUT2D eigenvalue weighted by Gasteiger charge is -2.17. The molecule has 0 aliphatic rings. The molecular formula is C14H15ClN4O. The van der Waals surface area contributed by atoms with E-state index in [2.05, 4.69) is 10.3 Å². The molecule has 2 aromatic rings. The number of pyridine rings is 1. The summed E-state index contributed by atoms with van der Waals surface area (Å²) in [6.07, 6.45) is 3.27. The predicted octanol–water partition coefficient (Wildman–Crippen LogP) is 2.64. The molecule has 104 valence electrons. The number of carbonyl (C=O) groups excluding carboxylic acids is 1. The standard InChI is InChI=1S/C14H15ClN4O/c1-19(2)13-3-4-17-8-12(13)18-14(20)9-5-10(15)7-11(16)6-9/h3-8H,16H2,1-2H3,(H,18,20). The molecule has 1 aromatic heterocycles. The van der Waals surface area contributed by atoms with Gasteiger partial charge in [0.1, 0.15) is 0 Å². The normalized spacial score (nSPS) is 10.2. The number of anilines is 3. The van der Waals surface area contributed by atoms with Crippen molar-refractivity contribution in [1.29, 1.82) is 0 Å². The van der Waals surface area contributed by atoms with Crippen LogP contribution in [0.1, 0.15) is 10.4 Å². The molecule has 0 aliphatic heterocycles. The van der Waals surface area contributed by atoms with E-state index in [1.54, 1.807) is 30.6 Å². The Balaban J connectivity index is 2.28.